The van der Waals surface area contributed by atoms with Gasteiger partial charge in [0.2, 0.25) is 6.79 Å². The molecule has 2 heterocycles. The zero-order chi connectivity index (χ0) is 23.4. The zero-order valence-corrected chi connectivity index (χ0v) is 17.9. The van der Waals surface area contributed by atoms with E-state index < -0.39 is 18.0 Å². The van der Waals surface area contributed by atoms with Crippen LogP contribution in [0.25, 0.3) is 0 Å². The minimum atomic E-state index is -1.09. The van der Waals surface area contributed by atoms with Crippen LogP contribution in [-0.2, 0) is 11.3 Å². The molecule has 0 bridgehead atoms. The molecule has 9 nitrogen and oxygen atoms in total. The lowest BCUT2D eigenvalue weighted by Crippen LogP contribution is -2.36. The molecule has 0 saturated heterocycles. The number of aryl methyl sites for hydroxylation is 1. The number of hydrogen-bond acceptors (Lipinski definition) is 5. The second-order valence-corrected chi connectivity index (χ2v) is 7.70. The molecule has 1 aliphatic rings. The molecule has 0 radical (unpaired) electrons. The molecule has 3 N–H and O–H groups in total. The van der Waals surface area contributed by atoms with Gasteiger partial charge < -0.3 is 29.8 Å². The molecule has 170 valence electrons. The van der Waals surface area contributed by atoms with Gasteiger partial charge in [-0.1, -0.05) is 35.9 Å². The molecule has 4 rings (SSSR count). The lowest BCUT2D eigenvalue weighted by Gasteiger charge is -2.18. The van der Waals surface area contributed by atoms with Crippen molar-refractivity contribution in [2.24, 2.45) is 0 Å². The van der Waals surface area contributed by atoms with Crippen molar-refractivity contribution in [3.05, 3.63) is 87.8 Å². The number of carboxylic acid groups (broad SMARTS) is 1. The maximum Gasteiger partial charge on any atom is 0.319 e. The highest BCUT2D eigenvalue weighted by molar-refractivity contribution is 5.89. The standard InChI is InChI=1S/C24H23N3O6/c1-15-4-6-16(7-5-15)13-27-10-2-3-18(23(27)30)25-24(31)26-19(12-22(28)29)17-8-9-20-21(11-17)33-14-32-20/h2-11,19H,12-14H2,1H3,(H,28,29)(H2,25,26,31)/t19-/m0/s1. The van der Waals surface area contributed by atoms with Crippen molar-refractivity contribution in [2.45, 2.75) is 25.9 Å². The smallest absolute Gasteiger partial charge is 0.319 e. The maximum absolute atomic E-state index is 12.8. The van der Waals surface area contributed by atoms with Gasteiger partial charge in [0.1, 0.15) is 5.69 Å². The third-order valence-electron chi connectivity index (χ3n) is 5.22. The normalized spacial score (nSPS) is 12.8. The second kappa shape index (κ2) is 9.47. The molecule has 1 aliphatic heterocycles. The number of fused-ring (bicyclic) bond motifs is 1. The van der Waals surface area contributed by atoms with E-state index in [4.69, 9.17) is 9.47 Å². The highest BCUT2D eigenvalue weighted by Crippen LogP contribution is 2.34. The molecule has 1 aromatic heterocycles. The lowest BCUT2D eigenvalue weighted by atomic mass is 10.0. The average Bonchev–Trinajstić information content (AvgIpc) is 3.25. The van der Waals surface area contributed by atoms with E-state index in [0.29, 0.717) is 23.6 Å². The first-order chi connectivity index (χ1) is 15.9. The van der Waals surface area contributed by atoms with E-state index in [2.05, 4.69) is 10.6 Å². The average molecular weight is 449 g/mol. The summed E-state index contributed by atoms with van der Waals surface area (Å²) in [5, 5.41) is 14.5. The van der Waals surface area contributed by atoms with Gasteiger partial charge in [-0.05, 0) is 42.3 Å². The highest BCUT2D eigenvalue weighted by Gasteiger charge is 2.22. The van der Waals surface area contributed by atoms with E-state index in [-0.39, 0.29) is 24.5 Å². The summed E-state index contributed by atoms with van der Waals surface area (Å²) in [5.41, 5.74) is 2.33. The number of pyridine rings is 1. The number of urea groups is 1. The third-order valence-corrected chi connectivity index (χ3v) is 5.22. The number of anilines is 1. The van der Waals surface area contributed by atoms with Crippen molar-refractivity contribution < 1.29 is 24.2 Å². The molecule has 33 heavy (non-hydrogen) atoms. The van der Waals surface area contributed by atoms with Gasteiger partial charge in [-0.15, -0.1) is 0 Å². The number of carbonyl (C=O) groups is 2. The van der Waals surface area contributed by atoms with Gasteiger partial charge in [-0.3, -0.25) is 9.59 Å². The molecule has 1 atom stereocenters. The van der Waals surface area contributed by atoms with Gasteiger partial charge >= 0.3 is 12.0 Å². The van der Waals surface area contributed by atoms with Crippen molar-refractivity contribution in [3.63, 3.8) is 0 Å². The van der Waals surface area contributed by atoms with Gasteiger partial charge in [0.25, 0.3) is 5.56 Å². The number of benzene rings is 2. The zero-order valence-electron chi connectivity index (χ0n) is 17.9. The summed E-state index contributed by atoms with van der Waals surface area (Å²) in [7, 11) is 0. The summed E-state index contributed by atoms with van der Waals surface area (Å²) in [6.45, 7) is 2.43. The number of amides is 2. The summed E-state index contributed by atoms with van der Waals surface area (Å²) in [5.74, 6) is -0.0547. The summed E-state index contributed by atoms with van der Waals surface area (Å²) >= 11 is 0. The van der Waals surface area contributed by atoms with E-state index in [1.54, 1.807) is 30.5 Å². The molecule has 3 aromatic rings. The molecule has 0 fully saturated rings. The molecule has 2 aromatic carbocycles. The Labute approximate surface area is 189 Å². The summed E-state index contributed by atoms with van der Waals surface area (Å²) in [6, 6.07) is 14.4. The predicted molar refractivity (Wildman–Crippen MR) is 121 cm³/mol. The van der Waals surface area contributed by atoms with Crippen molar-refractivity contribution in [2.75, 3.05) is 12.1 Å². The van der Waals surface area contributed by atoms with Gasteiger partial charge in [0, 0.05) is 6.20 Å². The van der Waals surface area contributed by atoms with Crippen LogP contribution in [0.5, 0.6) is 11.5 Å². The fourth-order valence-electron chi connectivity index (χ4n) is 3.52. The molecular formula is C24H23N3O6. The number of nitrogens with zero attached hydrogens (tertiary/aromatic N) is 1. The molecule has 0 unspecified atom stereocenters. The van der Waals surface area contributed by atoms with Gasteiger partial charge in [-0.25, -0.2) is 4.79 Å². The van der Waals surface area contributed by atoms with Crippen LogP contribution < -0.4 is 25.7 Å². The Morgan fingerprint density at radius 3 is 2.61 bits per heavy atom. The van der Waals surface area contributed by atoms with E-state index in [0.717, 1.165) is 11.1 Å². The Morgan fingerprint density at radius 1 is 1.09 bits per heavy atom. The Bertz CT molecular complexity index is 1240. The highest BCUT2D eigenvalue weighted by atomic mass is 16.7. The number of ether oxygens (including phenoxy) is 2. The monoisotopic (exact) mass is 449 g/mol. The number of hydrogen-bond donors (Lipinski definition) is 3. The lowest BCUT2D eigenvalue weighted by molar-refractivity contribution is -0.137. The van der Waals surface area contributed by atoms with Crippen LogP contribution in [0.1, 0.15) is 29.2 Å². The van der Waals surface area contributed by atoms with Gasteiger partial charge in [0.15, 0.2) is 11.5 Å². The van der Waals surface area contributed by atoms with E-state index in [9.17, 15) is 19.5 Å². The van der Waals surface area contributed by atoms with Gasteiger partial charge in [0.05, 0.1) is 19.0 Å². The van der Waals surface area contributed by atoms with Crippen molar-refractivity contribution >= 4 is 17.7 Å². The first-order valence-corrected chi connectivity index (χ1v) is 10.3. The Balaban J connectivity index is 1.49. The van der Waals surface area contributed by atoms with E-state index in [1.807, 2.05) is 31.2 Å². The molecular weight excluding hydrogens is 426 g/mol. The maximum atomic E-state index is 12.8. The largest absolute Gasteiger partial charge is 0.481 e. The Hall–Kier alpha value is -4.27. The van der Waals surface area contributed by atoms with Crippen molar-refractivity contribution in [3.8, 4) is 11.5 Å². The Morgan fingerprint density at radius 2 is 1.85 bits per heavy atom. The summed E-state index contributed by atoms with van der Waals surface area (Å²) in [6.07, 6.45) is 1.30. The van der Waals surface area contributed by atoms with Gasteiger partial charge in [-0.2, -0.15) is 0 Å². The van der Waals surface area contributed by atoms with Crippen LogP contribution in [0.4, 0.5) is 10.5 Å². The minimum absolute atomic E-state index is 0.0825. The number of carbonyl (C=O) groups excluding carboxylic acids is 1. The first kappa shape index (κ1) is 21.9. The fourth-order valence-corrected chi connectivity index (χ4v) is 3.52. The minimum Gasteiger partial charge on any atom is -0.481 e. The number of nitrogens with one attached hydrogen (secondary N) is 2. The van der Waals surface area contributed by atoms with Crippen LogP contribution in [0, 0.1) is 6.92 Å². The quantitative estimate of drug-likeness (QED) is 0.509. The molecule has 2 amide bonds. The van der Waals surface area contributed by atoms with Crippen LogP contribution in [0.2, 0.25) is 0 Å². The number of carboxylic acids is 1. The SMILES string of the molecule is Cc1ccc(Cn2cccc(NC(=O)N[C@@H](CC(=O)O)c3ccc4c(c3)OCO4)c2=O)cc1. The van der Waals surface area contributed by atoms with Crippen molar-refractivity contribution in [1.82, 2.24) is 9.88 Å². The first-order valence-electron chi connectivity index (χ1n) is 10.3. The molecule has 9 heteroatoms. The van der Waals surface area contributed by atoms with E-state index in [1.165, 1.54) is 10.6 Å². The molecule has 0 aliphatic carbocycles. The number of rotatable bonds is 7. The molecule has 0 saturated carbocycles. The van der Waals surface area contributed by atoms with Crippen LogP contribution in [-0.4, -0.2) is 28.5 Å². The van der Waals surface area contributed by atoms with Crippen LogP contribution in [0.3, 0.4) is 0 Å². The number of aromatic nitrogens is 1. The Kier molecular flexibility index (Phi) is 6.30. The predicted octanol–water partition coefficient (Wildman–Crippen LogP) is 3.27. The fraction of sp³-hybridized carbons (Fsp3) is 0.208. The van der Waals surface area contributed by atoms with Crippen LogP contribution in [0.15, 0.2) is 65.6 Å². The number of aliphatic carboxylic acids is 1. The topological polar surface area (TPSA) is 119 Å². The summed E-state index contributed by atoms with van der Waals surface area (Å²) < 4.78 is 12.1. The van der Waals surface area contributed by atoms with Crippen LogP contribution >= 0.6 is 0 Å². The van der Waals surface area contributed by atoms with E-state index >= 15 is 0 Å². The van der Waals surface area contributed by atoms with Crippen molar-refractivity contribution in [1.29, 1.82) is 0 Å². The molecule has 0 spiro atoms. The summed E-state index contributed by atoms with van der Waals surface area (Å²) in [4.78, 5) is 36.9. The second-order valence-electron chi connectivity index (χ2n) is 7.70. The third kappa shape index (κ3) is 5.32.